The fraction of sp³-hybridized carbons (Fsp3) is 0.625. The molecule has 0 saturated heterocycles. The molecule has 2 heteroatoms. The maximum Gasteiger partial charge on any atom is 0.119 e. The van der Waals surface area contributed by atoms with Crippen LogP contribution in [0.1, 0.15) is 52.9 Å². The Balaban J connectivity index is 2.18. The number of anilines is 1. The average Bonchev–Trinajstić information content (AvgIpc) is 2.35. The molecule has 1 rings (SSSR count). The maximum atomic E-state index is 5.61. The first-order valence-corrected chi connectivity index (χ1v) is 7.23. The summed E-state index contributed by atoms with van der Waals surface area (Å²) in [6.45, 7) is 7.40. The van der Waals surface area contributed by atoms with E-state index in [1.807, 2.05) is 26.0 Å². The highest BCUT2D eigenvalue weighted by Gasteiger charge is 1.97. The second-order valence-electron chi connectivity index (χ2n) is 5.03. The van der Waals surface area contributed by atoms with E-state index >= 15 is 0 Å². The van der Waals surface area contributed by atoms with Gasteiger partial charge in [-0.05, 0) is 44.5 Å². The van der Waals surface area contributed by atoms with Crippen LogP contribution in [0.3, 0.4) is 0 Å². The zero-order valence-corrected chi connectivity index (χ0v) is 12.0. The van der Waals surface area contributed by atoms with Crippen LogP contribution in [0.2, 0.25) is 0 Å². The Labute approximate surface area is 112 Å². The van der Waals surface area contributed by atoms with Crippen molar-refractivity contribution in [3.8, 4) is 5.75 Å². The average molecular weight is 249 g/mol. The summed E-state index contributed by atoms with van der Waals surface area (Å²) in [5, 5.41) is 3.45. The molecular formula is C16H27NO. The van der Waals surface area contributed by atoms with Crippen LogP contribution in [-0.4, -0.2) is 12.6 Å². The van der Waals surface area contributed by atoms with Crippen LogP contribution in [0.25, 0.3) is 0 Å². The molecule has 0 fully saturated rings. The van der Waals surface area contributed by atoms with Gasteiger partial charge in [0.1, 0.15) is 5.75 Å². The first kappa shape index (κ1) is 14.9. The Hall–Kier alpha value is -1.18. The van der Waals surface area contributed by atoms with E-state index in [1.165, 1.54) is 37.8 Å². The van der Waals surface area contributed by atoms with Gasteiger partial charge in [0.25, 0.3) is 0 Å². The minimum Gasteiger partial charge on any atom is -0.491 e. The van der Waals surface area contributed by atoms with E-state index < -0.39 is 0 Å². The van der Waals surface area contributed by atoms with E-state index in [4.69, 9.17) is 4.74 Å². The summed E-state index contributed by atoms with van der Waals surface area (Å²) >= 11 is 0. The predicted octanol–water partition coefficient (Wildman–Crippen LogP) is 4.86. The van der Waals surface area contributed by atoms with Crippen molar-refractivity contribution in [3.63, 3.8) is 0 Å². The minimum absolute atomic E-state index is 0.238. The lowest BCUT2D eigenvalue weighted by Gasteiger charge is -2.11. The van der Waals surface area contributed by atoms with Gasteiger partial charge in [-0.25, -0.2) is 0 Å². The van der Waals surface area contributed by atoms with E-state index in [0.717, 1.165) is 12.3 Å². The van der Waals surface area contributed by atoms with Crippen LogP contribution in [0.5, 0.6) is 5.75 Å². The summed E-state index contributed by atoms with van der Waals surface area (Å²) < 4.78 is 5.61. The zero-order valence-electron chi connectivity index (χ0n) is 12.0. The summed E-state index contributed by atoms with van der Waals surface area (Å²) in [4.78, 5) is 0. The van der Waals surface area contributed by atoms with Crippen LogP contribution in [0, 0.1) is 0 Å². The van der Waals surface area contributed by atoms with E-state index in [9.17, 15) is 0 Å². The maximum absolute atomic E-state index is 5.61. The molecule has 102 valence electrons. The molecule has 1 aromatic rings. The van der Waals surface area contributed by atoms with Gasteiger partial charge in [0.2, 0.25) is 0 Å². The number of hydrogen-bond acceptors (Lipinski definition) is 2. The van der Waals surface area contributed by atoms with Crippen molar-refractivity contribution in [3.05, 3.63) is 24.3 Å². The first-order valence-electron chi connectivity index (χ1n) is 7.23. The van der Waals surface area contributed by atoms with Crippen LogP contribution in [0.4, 0.5) is 5.69 Å². The fourth-order valence-electron chi connectivity index (χ4n) is 1.88. The number of rotatable bonds is 9. The molecule has 0 aromatic heterocycles. The predicted molar refractivity (Wildman–Crippen MR) is 79.5 cm³/mol. The van der Waals surface area contributed by atoms with Gasteiger partial charge in [-0.2, -0.15) is 0 Å². The van der Waals surface area contributed by atoms with E-state index in [1.54, 1.807) is 0 Å². The topological polar surface area (TPSA) is 21.3 Å². The Kier molecular flexibility index (Phi) is 7.31. The largest absolute Gasteiger partial charge is 0.491 e. The highest BCUT2D eigenvalue weighted by molar-refractivity contribution is 5.46. The number of benzene rings is 1. The van der Waals surface area contributed by atoms with Gasteiger partial charge in [0, 0.05) is 12.2 Å². The van der Waals surface area contributed by atoms with Gasteiger partial charge in [0.05, 0.1) is 6.10 Å². The number of unbranched alkanes of at least 4 members (excludes halogenated alkanes) is 4. The lowest BCUT2D eigenvalue weighted by molar-refractivity contribution is 0.242. The molecule has 0 aliphatic heterocycles. The minimum atomic E-state index is 0.238. The lowest BCUT2D eigenvalue weighted by atomic mass is 10.1. The zero-order chi connectivity index (χ0) is 13.2. The van der Waals surface area contributed by atoms with E-state index in [0.29, 0.717) is 0 Å². The molecule has 0 heterocycles. The van der Waals surface area contributed by atoms with E-state index in [2.05, 4.69) is 24.4 Å². The van der Waals surface area contributed by atoms with E-state index in [-0.39, 0.29) is 6.10 Å². The van der Waals surface area contributed by atoms with Gasteiger partial charge < -0.3 is 10.1 Å². The van der Waals surface area contributed by atoms with Gasteiger partial charge in [-0.1, -0.05) is 32.6 Å². The SMILES string of the molecule is CCCCCCCNc1ccc(OC(C)C)cc1. The summed E-state index contributed by atoms with van der Waals surface area (Å²) in [5.41, 5.74) is 1.18. The summed E-state index contributed by atoms with van der Waals surface area (Å²) in [6, 6.07) is 8.23. The van der Waals surface area contributed by atoms with Crippen molar-refractivity contribution in [2.45, 2.75) is 59.0 Å². The monoisotopic (exact) mass is 249 g/mol. The van der Waals surface area contributed by atoms with Crippen LogP contribution >= 0.6 is 0 Å². The number of hydrogen-bond donors (Lipinski definition) is 1. The van der Waals surface area contributed by atoms with Crippen molar-refractivity contribution in [1.29, 1.82) is 0 Å². The molecule has 0 aliphatic carbocycles. The van der Waals surface area contributed by atoms with Gasteiger partial charge >= 0.3 is 0 Å². The normalized spacial score (nSPS) is 10.7. The van der Waals surface area contributed by atoms with Crippen molar-refractivity contribution >= 4 is 5.69 Å². The van der Waals surface area contributed by atoms with Crippen LogP contribution in [0.15, 0.2) is 24.3 Å². The van der Waals surface area contributed by atoms with Gasteiger partial charge in [-0.15, -0.1) is 0 Å². The molecule has 1 N–H and O–H groups in total. The third-order valence-electron chi connectivity index (χ3n) is 2.84. The summed E-state index contributed by atoms with van der Waals surface area (Å²) in [6.07, 6.45) is 6.85. The van der Waals surface area contributed by atoms with Crippen molar-refractivity contribution in [1.82, 2.24) is 0 Å². The molecule has 18 heavy (non-hydrogen) atoms. The molecular weight excluding hydrogens is 222 g/mol. The quantitative estimate of drug-likeness (QED) is 0.631. The molecule has 0 unspecified atom stereocenters. The molecule has 1 aromatic carbocycles. The molecule has 0 bridgehead atoms. The smallest absolute Gasteiger partial charge is 0.119 e. The van der Waals surface area contributed by atoms with Crippen LogP contribution in [-0.2, 0) is 0 Å². The highest BCUT2D eigenvalue weighted by atomic mass is 16.5. The Morgan fingerprint density at radius 3 is 2.28 bits per heavy atom. The fourth-order valence-corrected chi connectivity index (χ4v) is 1.88. The molecule has 0 spiro atoms. The lowest BCUT2D eigenvalue weighted by Crippen LogP contribution is -2.05. The molecule has 0 saturated carbocycles. The second kappa shape index (κ2) is 8.84. The third kappa shape index (κ3) is 6.53. The standard InChI is InChI=1S/C16H27NO/c1-4-5-6-7-8-13-17-15-9-11-16(12-10-15)18-14(2)3/h9-12,14,17H,4-8,13H2,1-3H3. The third-order valence-corrected chi connectivity index (χ3v) is 2.84. The van der Waals surface area contributed by atoms with Crippen molar-refractivity contribution in [2.75, 3.05) is 11.9 Å². The molecule has 0 aliphatic rings. The molecule has 0 radical (unpaired) electrons. The summed E-state index contributed by atoms with van der Waals surface area (Å²) in [7, 11) is 0. The highest BCUT2D eigenvalue weighted by Crippen LogP contribution is 2.17. The Morgan fingerprint density at radius 2 is 1.67 bits per heavy atom. The van der Waals surface area contributed by atoms with Gasteiger partial charge in [-0.3, -0.25) is 0 Å². The molecule has 0 atom stereocenters. The summed E-state index contributed by atoms with van der Waals surface area (Å²) in [5.74, 6) is 0.943. The van der Waals surface area contributed by atoms with Gasteiger partial charge in [0.15, 0.2) is 0 Å². The Bertz CT molecular complexity index is 305. The van der Waals surface area contributed by atoms with Crippen LogP contribution < -0.4 is 10.1 Å². The Morgan fingerprint density at radius 1 is 1.00 bits per heavy atom. The first-order chi connectivity index (χ1) is 8.72. The second-order valence-corrected chi connectivity index (χ2v) is 5.03. The number of ether oxygens (including phenoxy) is 1. The van der Waals surface area contributed by atoms with Crippen molar-refractivity contribution < 1.29 is 4.74 Å². The number of nitrogens with one attached hydrogen (secondary N) is 1. The van der Waals surface area contributed by atoms with Crippen molar-refractivity contribution in [2.24, 2.45) is 0 Å². The molecule has 2 nitrogen and oxygen atoms in total. The molecule has 0 amide bonds.